The van der Waals surface area contributed by atoms with Gasteiger partial charge >= 0.3 is 12.1 Å². The molecule has 1 aromatic carbocycles. The number of hydrogen-bond donors (Lipinski definition) is 2. The van der Waals surface area contributed by atoms with E-state index in [1.165, 1.54) is 0 Å². The second-order valence-electron chi connectivity index (χ2n) is 7.23. The Bertz CT molecular complexity index is 613. The van der Waals surface area contributed by atoms with Crippen LogP contribution in [-0.4, -0.2) is 23.2 Å². The van der Waals surface area contributed by atoms with Crippen LogP contribution < -0.4 is 5.32 Å². The largest absolute Gasteiger partial charge is 0.481 e. The zero-order valence-corrected chi connectivity index (χ0v) is 13.5. The lowest BCUT2D eigenvalue weighted by molar-refractivity contribution is -0.155. The fraction of sp³-hybridized carbons (Fsp3) is 0.556. The van der Waals surface area contributed by atoms with Gasteiger partial charge in [0.15, 0.2) is 0 Å². The van der Waals surface area contributed by atoms with Gasteiger partial charge in [0.25, 0.3) is 0 Å². The number of hydrogen-bond acceptors (Lipinski definition) is 3. The quantitative estimate of drug-likeness (QED) is 0.894. The molecule has 0 radical (unpaired) electrons. The standard InChI is InChI=1S/C18H23NO4/c1-17(2)13-8-9-18(17,15(20)21)14(10-13)19-16(22)23-11-12-6-4-3-5-7-12/h3-7,13-14H,8-11H2,1-2H3,(H,19,22)(H,20,21). The van der Waals surface area contributed by atoms with Crippen molar-refractivity contribution in [1.29, 1.82) is 0 Å². The third kappa shape index (κ3) is 2.38. The molecule has 5 nitrogen and oxygen atoms in total. The molecule has 0 heterocycles. The minimum absolute atomic E-state index is 0.187. The van der Waals surface area contributed by atoms with E-state index in [1.807, 2.05) is 44.2 Å². The van der Waals surface area contributed by atoms with Crippen molar-refractivity contribution in [1.82, 2.24) is 5.32 Å². The van der Waals surface area contributed by atoms with Crippen LogP contribution in [-0.2, 0) is 16.1 Å². The number of carboxylic acid groups (broad SMARTS) is 1. The van der Waals surface area contributed by atoms with E-state index in [0.717, 1.165) is 12.0 Å². The summed E-state index contributed by atoms with van der Waals surface area (Å²) in [7, 11) is 0. The van der Waals surface area contributed by atoms with E-state index >= 15 is 0 Å². The van der Waals surface area contributed by atoms with E-state index in [-0.39, 0.29) is 18.1 Å². The number of alkyl carbamates (subject to hydrolysis) is 1. The number of ether oxygens (including phenoxy) is 1. The van der Waals surface area contributed by atoms with E-state index in [1.54, 1.807) is 0 Å². The third-order valence-electron chi connectivity index (χ3n) is 6.06. The lowest BCUT2D eigenvalue weighted by Gasteiger charge is -2.38. The van der Waals surface area contributed by atoms with Gasteiger partial charge in [-0.15, -0.1) is 0 Å². The molecule has 3 atom stereocenters. The second kappa shape index (κ2) is 5.55. The van der Waals surface area contributed by atoms with Crippen LogP contribution in [0.15, 0.2) is 30.3 Å². The predicted octanol–water partition coefficient (Wildman–Crippen LogP) is 3.19. The zero-order valence-electron chi connectivity index (χ0n) is 13.5. The zero-order chi connectivity index (χ0) is 16.7. The predicted molar refractivity (Wildman–Crippen MR) is 84.7 cm³/mol. The SMILES string of the molecule is CC1(C)C2CCC1(C(=O)O)C(NC(=O)OCc1ccccc1)C2. The molecule has 2 fully saturated rings. The number of aliphatic carboxylic acids is 1. The van der Waals surface area contributed by atoms with Crippen LogP contribution in [0.25, 0.3) is 0 Å². The Hall–Kier alpha value is -2.04. The van der Waals surface area contributed by atoms with Crippen molar-refractivity contribution in [3.8, 4) is 0 Å². The maximum absolute atomic E-state index is 12.1. The molecule has 2 aliphatic carbocycles. The van der Waals surface area contributed by atoms with Crippen LogP contribution in [0.1, 0.15) is 38.7 Å². The van der Waals surface area contributed by atoms with Crippen molar-refractivity contribution >= 4 is 12.1 Å². The van der Waals surface area contributed by atoms with Crippen LogP contribution in [0.4, 0.5) is 4.79 Å². The van der Waals surface area contributed by atoms with E-state index < -0.39 is 17.5 Å². The van der Waals surface area contributed by atoms with Crippen molar-refractivity contribution in [3.63, 3.8) is 0 Å². The molecule has 2 aliphatic rings. The minimum Gasteiger partial charge on any atom is -0.481 e. The molecular formula is C18H23NO4. The Morgan fingerprint density at radius 2 is 2.00 bits per heavy atom. The molecule has 3 unspecified atom stereocenters. The Morgan fingerprint density at radius 1 is 1.30 bits per heavy atom. The molecule has 2 saturated carbocycles. The number of benzene rings is 1. The molecule has 1 amide bonds. The average Bonchev–Trinajstić information content (AvgIpc) is 2.90. The molecule has 2 N–H and O–H groups in total. The highest BCUT2D eigenvalue weighted by atomic mass is 16.5. The number of rotatable bonds is 4. The normalized spacial score (nSPS) is 30.9. The summed E-state index contributed by atoms with van der Waals surface area (Å²) < 4.78 is 5.25. The number of fused-ring (bicyclic) bond motifs is 2. The van der Waals surface area contributed by atoms with Gasteiger partial charge < -0.3 is 15.2 Å². The Kier molecular flexibility index (Phi) is 3.82. The van der Waals surface area contributed by atoms with Gasteiger partial charge in [-0.05, 0) is 36.2 Å². The van der Waals surface area contributed by atoms with E-state index in [0.29, 0.717) is 18.8 Å². The molecule has 0 saturated heterocycles. The number of nitrogens with one attached hydrogen (secondary N) is 1. The fourth-order valence-electron chi connectivity index (χ4n) is 4.59. The highest BCUT2D eigenvalue weighted by Gasteiger charge is 2.68. The maximum Gasteiger partial charge on any atom is 0.407 e. The van der Waals surface area contributed by atoms with Crippen molar-refractivity contribution in [3.05, 3.63) is 35.9 Å². The van der Waals surface area contributed by atoms with Crippen molar-refractivity contribution in [2.24, 2.45) is 16.7 Å². The molecule has 23 heavy (non-hydrogen) atoms. The first-order valence-corrected chi connectivity index (χ1v) is 8.08. The molecule has 5 heteroatoms. The third-order valence-corrected chi connectivity index (χ3v) is 6.06. The number of carbonyl (C=O) groups is 2. The first kappa shape index (κ1) is 15.8. The number of carbonyl (C=O) groups excluding carboxylic acids is 1. The van der Waals surface area contributed by atoms with Crippen LogP contribution in [0.2, 0.25) is 0 Å². The van der Waals surface area contributed by atoms with Gasteiger partial charge in [-0.3, -0.25) is 4.79 Å². The van der Waals surface area contributed by atoms with Crippen LogP contribution in [0.5, 0.6) is 0 Å². The monoisotopic (exact) mass is 317 g/mol. The van der Waals surface area contributed by atoms with Crippen LogP contribution in [0, 0.1) is 16.7 Å². The molecular weight excluding hydrogens is 294 g/mol. The first-order chi connectivity index (χ1) is 10.9. The second-order valence-corrected chi connectivity index (χ2v) is 7.23. The Balaban J connectivity index is 1.66. The Labute approximate surface area is 136 Å². The number of carboxylic acids is 1. The van der Waals surface area contributed by atoms with Crippen LogP contribution >= 0.6 is 0 Å². The molecule has 0 spiro atoms. The van der Waals surface area contributed by atoms with E-state index in [9.17, 15) is 14.7 Å². The van der Waals surface area contributed by atoms with Gasteiger partial charge in [-0.2, -0.15) is 0 Å². The highest BCUT2D eigenvalue weighted by molar-refractivity contribution is 5.80. The summed E-state index contributed by atoms with van der Waals surface area (Å²) in [6, 6.07) is 9.07. The summed E-state index contributed by atoms with van der Waals surface area (Å²) in [4.78, 5) is 24.1. The maximum atomic E-state index is 12.1. The van der Waals surface area contributed by atoms with Gasteiger partial charge in [-0.1, -0.05) is 44.2 Å². The summed E-state index contributed by atoms with van der Waals surface area (Å²) in [6.07, 6.45) is 1.70. The van der Waals surface area contributed by atoms with Crippen LogP contribution in [0.3, 0.4) is 0 Å². The lowest BCUT2D eigenvalue weighted by Crippen LogP contribution is -2.53. The first-order valence-electron chi connectivity index (χ1n) is 8.08. The number of amides is 1. The summed E-state index contributed by atoms with van der Waals surface area (Å²) in [5.41, 5.74) is -0.288. The minimum atomic E-state index is -0.885. The molecule has 3 rings (SSSR count). The molecule has 2 bridgehead atoms. The van der Waals surface area contributed by atoms with Crippen molar-refractivity contribution < 1.29 is 19.4 Å². The topological polar surface area (TPSA) is 75.6 Å². The highest BCUT2D eigenvalue weighted by Crippen LogP contribution is 2.65. The Morgan fingerprint density at radius 3 is 2.61 bits per heavy atom. The summed E-state index contributed by atoms with van der Waals surface area (Å²) in [5.74, 6) is -0.478. The van der Waals surface area contributed by atoms with Gasteiger partial charge in [-0.25, -0.2) is 4.79 Å². The smallest absolute Gasteiger partial charge is 0.407 e. The average molecular weight is 317 g/mol. The molecule has 0 aromatic heterocycles. The summed E-state index contributed by atoms with van der Waals surface area (Å²) >= 11 is 0. The van der Waals surface area contributed by atoms with Gasteiger partial charge in [0.2, 0.25) is 0 Å². The molecule has 0 aliphatic heterocycles. The molecule has 124 valence electrons. The van der Waals surface area contributed by atoms with E-state index in [2.05, 4.69) is 5.32 Å². The fourth-order valence-corrected chi connectivity index (χ4v) is 4.59. The van der Waals surface area contributed by atoms with Gasteiger partial charge in [0, 0.05) is 6.04 Å². The molecule has 1 aromatic rings. The lowest BCUT2D eigenvalue weighted by atomic mass is 9.67. The summed E-state index contributed by atoms with van der Waals surface area (Å²) in [5, 5.41) is 12.6. The van der Waals surface area contributed by atoms with Gasteiger partial charge in [0.1, 0.15) is 6.61 Å². The van der Waals surface area contributed by atoms with Gasteiger partial charge in [0.05, 0.1) is 5.41 Å². The van der Waals surface area contributed by atoms with Crippen molar-refractivity contribution in [2.45, 2.75) is 45.8 Å². The van der Waals surface area contributed by atoms with Crippen molar-refractivity contribution in [2.75, 3.05) is 0 Å². The summed E-state index contributed by atoms with van der Waals surface area (Å²) in [6.45, 7) is 4.21. The van der Waals surface area contributed by atoms with E-state index in [4.69, 9.17) is 4.74 Å².